The molecule has 35 heavy (non-hydrogen) atoms. The van der Waals surface area contributed by atoms with Crippen molar-refractivity contribution in [1.29, 1.82) is 0 Å². The molecule has 0 radical (unpaired) electrons. The molecule has 0 spiro atoms. The standard InChI is InChI=1S/C25H34N8OS/c1-2-6-20(17-19-7-4-3-5-8-19)29-23-21-22(27-18-28-23)24(32-13-15-35(34)16-14-32)31-25(30-21)33-11-9-26-10-12-33/h3-5,7-8,18,20,26H,2,6,9-17H2,1H3,(H,27,28,29). The summed E-state index contributed by atoms with van der Waals surface area (Å²) < 4.78 is 12.0. The minimum Gasteiger partial charge on any atom is -0.616 e. The molecule has 2 saturated heterocycles. The number of hydrogen-bond donors (Lipinski definition) is 2. The molecular weight excluding hydrogens is 460 g/mol. The van der Waals surface area contributed by atoms with Crippen LogP contribution in [0.4, 0.5) is 17.6 Å². The number of benzene rings is 1. The predicted octanol–water partition coefficient (Wildman–Crippen LogP) is 2.22. The Morgan fingerprint density at radius 1 is 1.00 bits per heavy atom. The number of aromatic nitrogens is 4. The average Bonchev–Trinajstić information content (AvgIpc) is 2.90. The van der Waals surface area contributed by atoms with Crippen LogP contribution in [0.5, 0.6) is 0 Å². The minimum absolute atomic E-state index is 0.235. The predicted molar refractivity (Wildman–Crippen MR) is 143 cm³/mol. The first kappa shape index (κ1) is 24.0. The molecule has 2 aliphatic rings. The van der Waals surface area contributed by atoms with E-state index in [1.165, 1.54) is 5.56 Å². The Hall–Kier alpha value is -2.69. The summed E-state index contributed by atoms with van der Waals surface area (Å²) >= 11 is -0.761. The van der Waals surface area contributed by atoms with E-state index < -0.39 is 11.2 Å². The van der Waals surface area contributed by atoms with E-state index in [9.17, 15) is 4.55 Å². The molecule has 4 heterocycles. The maximum Gasteiger partial charge on any atom is 0.228 e. The van der Waals surface area contributed by atoms with Gasteiger partial charge < -0.3 is 25.0 Å². The number of nitrogens with one attached hydrogen (secondary N) is 2. The van der Waals surface area contributed by atoms with E-state index in [1.54, 1.807) is 6.33 Å². The van der Waals surface area contributed by atoms with Crippen LogP contribution in [0.1, 0.15) is 25.3 Å². The second-order valence-electron chi connectivity index (χ2n) is 9.16. The van der Waals surface area contributed by atoms with Crippen molar-refractivity contribution in [3.63, 3.8) is 0 Å². The zero-order valence-electron chi connectivity index (χ0n) is 20.3. The van der Waals surface area contributed by atoms with Crippen molar-refractivity contribution in [2.45, 2.75) is 32.2 Å². The van der Waals surface area contributed by atoms with E-state index in [2.05, 4.69) is 67.7 Å². The lowest BCUT2D eigenvalue weighted by Gasteiger charge is -2.32. The molecule has 5 rings (SSSR count). The highest BCUT2D eigenvalue weighted by atomic mass is 32.2. The lowest BCUT2D eigenvalue weighted by atomic mass is 10.0. The van der Waals surface area contributed by atoms with Crippen molar-refractivity contribution in [2.75, 3.05) is 65.9 Å². The van der Waals surface area contributed by atoms with E-state index in [0.717, 1.165) is 68.1 Å². The van der Waals surface area contributed by atoms with Gasteiger partial charge in [-0.2, -0.15) is 4.98 Å². The summed E-state index contributed by atoms with van der Waals surface area (Å²) in [6, 6.07) is 10.8. The Morgan fingerprint density at radius 3 is 2.51 bits per heavy atom. The van der Waals surface area contributed by atoms with Gasteiger partial charge in [0.05, 0.1) is 13.1 Å². The van der Waals surface area contributed by atoms with E-state index in [-0.39, 0.29) is 6.04 Å². The number of hydrogen-bond acceptors (Lipinski definition) is 9. The second kappa shape index (κ2) is 11.4. The topological polar surface area (TPSA) is 105 Å². The SMILES string of the molecule is CCCC(Cc1ccccc1)Nc1ncnc2c(N3CC[S+]([O-])CC3)nc(N3CCNCC3)nc12. The molecule has 2 fully saturated rings. The zero-order chi connectivity index (χ0) is 24.0. The first-order valence-electron chi connectivity index (χ1n) is 12.6. The number of piperazine rings is 1. The zero-order valence-corrected chi connectivity index (χ0v) is 21.1. The third-order valence-electron chi connectivity index (χ3n) is 6.63. The number of nitrogens with zero attached hydrogens (tertiary/aromatic N) is 6. The molecule has 3 aromatic rings. The largest absolute Gasteiger partial charge is 0.616 e. The summed E-state index contributed by atoms with van der Waals surface area (Å²) in [5, 5.41) is 7.10. The molecule has 0 bridgehead atoms. The molecule has 0 amide bonds. The fraction of sp³-hybridized carbons (Fsp3) is 0.520. The summed E-state index contributed by atoms with van der Waals surface area (Å²) in [4.78, 5) is 23.7. The van der Waals surface area contributed by atoms with Gasteiger partial charge in [-0.15, -0.1) is 0 Å². The number of rotatable bonds is 8. The molecule has 2 aromatic heterocycles. The van der Waals surface area contributed by atoms with Crippen LogP contribution in [0.2, 0.25) is 0 Å². The van der Waals surface area contributed by atoms with Crippen LogP contribution in [0.15, 0.2) is 36.7 Å². The van der Waals surface area contributed by atoms with Gasteiger partial charge in [-0.05, 0) is 18.4 Å². The van der Waals surface area contributed by atoms with Crippen LogP contribution in [-0.4, -0.2) is 81.3 Å². The molecular formula is C25H34N8OS. The van der Waals surface area contributed by atoms with E-state index in [4.69, 9.17) is 9.97 Å². The molecule has 2 N–H and O–H groups in total. The summed E-state index contributed by atoms with van der Waals surface area (Å²) in [5.41, 5.74) is 2.81. The summed E-state index contributed by atoms with van der Waals surface area (Å²) in [6.07, 6.45) is 4.63. The first-order valence-corrected chi connectivity index (χ1v) is 14.1. The van der Waals surface area contributed by atoms with Crippen molar-refractivity contribution >= 4 is 39.8 Å². The third-order valence-corrected chi connectivity index (χ3v) is 7.91. The van der Waals surface area contributed by atoms with Crippen LogP contribution < -0.4 is 20.4 Å². The lowest BCUT2D eigenvalue weighted by molar-refractivity contribution is 0.578. The van der Waals surface area contributed by atoms with Crippen LogP contribution in [0.3, 0.4) is 0 Å². The van der Waals surface area contributed by atoms with Gasteiger partial charge in [0.1, 0.15) is 28.9 Å². The van der Waals surface area contributed by atoms with Crippen molar-refractivity contribution in [3.05, 3.63) is 42.2 Å². The van der Waals surface area contributed by atoms with Gasteiger partial charge >= 0.3 is 0 Å². The summed E-state index contributed by atoms with van der Waals surface area (Å²) in [5.74, 6) is 3.60. The molecule has 1 aromatic carbocycles. The Bertz CT molecular complexity index is 1100. The number of fused-ring (bicyclic) bond motifs is 1. The molecule has 1 unspecified atom stereocenters. The molecule has 0 aliphatic carbocycles. The normalized spacial score (nSPS) is 18.1. The molecule has 1 atom stereocenters. The van der Waals surface area contributed by atoms with Gasteiger partial charge in [0, 0.05) is 32.2 Å². The maximum absolute atomic E-state index is 12.0. The Kier molecular flexibility index (Phi) is 7.80. The average molecular weight is 495 g/mol. The molecule has 0 saturated carbocycles. The van der Waals surface area contributed by atoms with Gasteiger partial charge in [0.25, 0.3) is 0 Å². The van der Waals surface area contributed by atoms with Crippen molar-refractivity contribution < 1.29 is 4.55 Å². The van der Waals surface area contributed by atoms with Crippen LogP contribution >= 0.6 is 0 Å². The first-order chi connectivity index (χ1) is 17.2. The second-order valence-corrected chi connectivity index (χ2v) is 10.9. The maximum atomic E-state index is 12.0. The molecule has 186 valence electrons. The van der Waals surface area contributed by atoms with Crippen LogP contribution in [0, 0.1) is 0 Å². The monoisotopic (exact) mass is 494 g/mol. The highest BCUT2D eigenvalue weighted by Gasteiger charge is 2.26. The van der Waals surface area contributed by atoms with Gasteiger partial charge in [-0.25, -0.2) is 15.0 Å². The van der Waals surface area contributed by atoms with Gasteiger partial charge in [-0.1, -0.05) is 54.9 Å². The highest BCUT2D eigenvalue weighted by Crippen LogP contribution is 2.30. The van der Waals surface area contributed by atoms with E-state index in [1.807, 2.05) is 0 Å². The van der Waals surface area contributed by atoms with Crippen LogP contribution in [-0.2, 0) is 17.6 Å². The minimum atomic E-state index is -0.761. The van der Waals surface area contributed by atoms with E-state index in [0.29, 0.717) is 30.5 Å². The van der Waals surface area contributed by atoms with Crippen molar-refractivity contribution in [3.8, 4) is 0 Å². The molecule has 10 heteroatoms. The van der Waals surface area contributed by atoms with Gasteiger partial charge in [0.15, 0.2) is 11.6 Å². The van der Waals surface area contributed by atoms with E-state index >= 15 is 0 Å². The Labute approximate surface area is 209 Å². The fourth-order valence-electron chi connectivity index (χ4n) is 4.77. The van der Waals surface area contributed by atoms with Crippen molar-refractivity contribution in [2.24, 2.45) is 0 Å². The third kappa shape index (κ3) is 5.76. The van der Waals surface area contributed by atoms with Crippen LogP contribution in [0.25, 0.3) is 11.0 Å². The highest BCUT2D eigenvalue weighted by molar-refractivity contribution is 7.91. The molecule has 2 aliphatic heterocycles. The quantitative estimate of drug-likeness (QED) is 0.456. The Morgan fingerprint density at radius 2 is 1.77 bits per heavy atom. The van der Waals surface area contributed by atoms with Gasteiger partial charge in [0.2, 0.25) is 5.95 Å². The lowest BCUT2D eigenvalue weighted by Crippen LogP contribution is -2.45. The molecule has 9 nitrogen and oxygen atoms in total. The fourth-order valence-corrected chi connectivity index (χ4v) is 5.82. The summed E-state index contributed by atoms with van der Waals surface area (Å²) in [7, 11) is 0. The van der Waals surface area contributed by atoms with Gasteiger partial charge in [-0.3, -0.25) is 0 Å². The summed E-state index contributed by atoms with van der Waals surface area (Å²) in [6.45, 7) is 7.16. The smallest absolute Gasteiger partial charge is 0.228 e. The number of anilines is 3. The van der Waals surface area contributed by atoms with Crippen molar-refractivity contribution in [1.82, 2.24) is 25.3 Å². The Balaban J connectivity index is 1.52.